The summed E-state index contributed by atoms with van der Waals surface area (Å²) in [4.78, 5) is 20.1. The van der Waals surface area contributed by atoms with Crippen molar-refractivity contribution >= 4 is 5.97 Å². The quantitative estimate of drug-likeness (QED) is 0.461. The molecule has 6 heteroatoms. The van der Waals surface area contributed by atoms with E-state index in [1.165, 1.54) is 43.2 Å². The number of carboxylic acid groups (broad SMARTS) is 1. The van der Waals surface area contributed by atoms with Crippen molar-refractivity contribution in [2.24, 2.45) is 11.8 Å². The highest BCUT2D eigenvalue weighted by molar-refractivity contribution is 5.72. The summed E-state index contributed by atoms with van der Waals surface area (Å²) in [6, 6.07) is 10.7. The first kappa shape index (κ1) is 21.3. The summed E-state index contributed by atoms with van der Waals surface area (Å²) in [6.07, 6.45) is 15.0. The van der Waals surface area contributed by atoms with Gasteiger partial charge in [-0.05, 0) is 49.2 Å². The van der Waals surface area contributed by atoms with Gasteiger partial charge >= 0.3 is 5.97 Å². The fourth-order valence-electron chi connectivity index (χ4n) is 4.35. The molecule has 2 atom stereocenters. The van der Waals surface area contributed by atoms with Gasteiger partial charge in [-0.15, -0.1) is 0 Å². The Morgan fingerprint density at radius 3 is 2.66 bits per heavy atom. The lowest BCUT2D eigenvalue weighted by Crippen LogP contribution is -2.27. The van der Waals surface area contributed by atoms with Crippen molar-refractivity contribution in [2.75, 3.05) is 0 Å². The van der Waals surface area contributed by atoms with Gasteiger partial charge in [-0.3, -0.25) is 4.84 Å². The molecule has 1 aliphatic carbocycles. The molecule has 1 aliphatic rings. The monoisotopic (exact) mass is 397 g/mol. The van der Waals surface area contributed by atoms with Crippen molar-refractivity contribution in [3.05, 3.63) is 66.3 Å². The number of allylic oxidation sites excluding steroid dienone is 2. The van der Waals surface area contributed by atoms with Crippen LogP contribution in [0.4, 0.5) is 0 Å². The third kappa shape index (κ3) is 6.02. The number of carbonyl (C=O) groups is 1. The van der Waals surface area contributed by atoms with E-state index in [1.807, 2.05) is 24.8 Å². The van der Waals surface area contributed by atoms with Gasteiger partial charge in [-0.25, -0.2) is 15.7 Å². The maximum Gasteiger partial charge on any atom is 0.334 e. The number of nitrogens with two attached hydrogens (primary N) is 1. The molecule has 0 saturated heterocycles. The zero-order valence-corrected chi connectivity index (χ0v) is 16.8. The van der Waals surface area contributed by atoms with Crippen LogP contribution in [0.1, 0.15) is 56.6 Å². The van der Waals surface area contributed by atoms with E-state index in [1.54, 1.807) is 0 Å². The minimum Gasteiger partial charge on any atom is -0.479 e. The molecule has 1 aromatic carbocycles. The van der Waals surface area contributed by atoms with Crippen molar-refractivity contribution in [3.8, 4) is 0 Å². The summed E-state index contributed by atoms with van der Waals surface area (Å²) in [6.45, 7) is 0. The van der Waals surface area contributed by atoms with Gasteiger partial charge in [0.25, 0.3) is 0 Å². The van der Waals surface area contributed by atoms with Gasteiger partial charge in [-0.1, -0.05) is 55.7 Å². The normalized spacial score (nSPS) is 17.8. The molecule has 1 fully saturated rings. The number of hydrogen-bond donors (Lipinski definition) is 2. The van der Waals surface area contributed by atoms with E-state index in [-0.39, 0.29) is 6.04 Å². The van der Waals surface area contributed by atoms with E-state index >= 15 is 0 Å². The van der Waals surface area contributed by atoms with Gasteiger partial charge in [0, 0.05) is 12.4 Å². The van der Waals surface area contributed by atoms with E-state index < -0.39 is 12.1 Å². The number of aromatic nitrogens is 2. The molecule has 1 heterocycles. The predicted molar refractivity (Wildman–Crippen MR) is 112 cm³/mol. The highest BCUT2D eigenvalue weighted by Gasteiger charge is 2.26. The third-order valence-corrected chi connectivity index (χ3v) is 5.87. The molecule has 156 valence electrons. The lowest BCUT2D eigenvalue weighted by atomic mass is 9.79. The van der Waals surface area contributed by atoms with Crippen LogP contribution in [0.5, 0.6) is 0 Å². The van der Waals surface area contributed by atoms with Crippen molar-refractivity contribution in [1.82, 2.24) is 9.55 Å². The number of benzene rings is 1. The standard InChI is InChI=1S/C23H31N3O3/c24-29-22(23(27)28)13-7-12-20(19-10-5-2-6-11-19)21(26-15-14-25-17-26)16-18-8-3-1-4-9-18/h1,3-4,8-9,12,14-15,17,19,21-22H,2,5-7,10-11,13,16,24H2,(H,27,28). The van der Waals surface area contributed by atoms with Crippen molar-refractivity contribution in [3.63, 3.8) is 0 Å². The molecule has 29 heavy (non-hydrogen) atoms. The fourth-order valence-corrected chi connectivity index (χ4v) is 4.35. The van der Waals surface area contributed by atoms with E-state index in [9.17, 15) is 9.90 Å². The van der Waals surface area contributed by atoms with Gasteiger partial charge in [-0.2, -0.15) is 0 Å². The fraction of sp³-hybridized carbons (Fsp3) is 0.478. The second-order valence-corrected chi connectivity index (χ2v) is 7.79. The number of rotatable bonds is 10. The Morgan fingerprint density at radius 1 is 1.28 bits per heavy atom. The Labute approximate surface area is 172 Å². The van der Waals surface area contributed by atoms with Crippen LogP contribution in [0.25, 0.3) is 0 Å². The van der Waals surface area contributed by atoms with Crippen molar-refractivity contribution in [1.29, 1.82) is 0 Å². The molecular formula is C23H31N3O3. The minimum atomic E-state index is -1.02. The molecule has 6 nitrogen and oxygen atoms in total. The number of imidazole rings is 1. The molecule has 1 aromatic heterocycles. The molecule has 0 bridgehead atoms. The summed E-state index contributed by atoms with van der Waals surface area (Å²) >= 11 is 0. The largest absolute Gasteiger partial charge is 0.479 e. The average Bonchev–Trinajstić information content (AvgIpc) is 3.28. The second kappa shape index (κ2) is 10.9. The highest BCUT2D eigenvalue weighted by atomic mass is 16.6. The van der Waals surface area contributed by atoms with Crippen LogP contribution in [-0.4, -0.2) is 26.7 Å². The number of aliphatic carboxylic acids is 1. The first-order chi connectivity index (χ1) is 14.2. The summed E-state index contributed by atoms with van der Waals surface area (Å²) in [7, 11) is 0. The number of carboxylic acids is 1. The lowest BCUT2D eigenvalue weighted by molar-refractivity contribution is -0.151. The highest BCUT2D eigenvalue weighted by Crippen LogP contribution is 2.37. The molecule has 2 unspecified atom stereocenters. The maximum atomic E-state index is 11.2. The SMILES string of the molecule is NOC(CCC=C(C1CCCCC1)C(Cc1ccccc1)n1ccnc1)C(=O)O. The topological polar surface area (TPSA) is 90.4 Å². The summed E-state index contributed by atoms with van der Waals surface area (Å²) in [5.74, 6) is 4.66. The van der Waals surface area contributed by atoms with Crippen LogP contribution in [0.2, 0.25) is 0 Å². The molecule has 0 radical (unpaired) electrons. The Balaban J connectivity index is 1.87. The Morgan fingerprint density at radius 2 is 2.03 bits per heavy atom. The van der Waals surface area contributed by atoms with Crippen LogP contribution in [0.15, 0.2) is 60.7 Å². The van der Waals surface area contributed by atoms with Crippen LogP contribution in [0.3, 0.4) is 0 Å². The Bertz CT molecular complexity index is 768. The summed E-state index contributed by atoms with van der Waals surface area (Å²) in [5, 5.41) is 9.20. The summed E-state index contributed by atoms with van der Waals surface area (Å²) in [5.41, 5.74) is 2.66. The van der Waals surface area contributed by atoms with Crippen LogP contribution < -0.4 is 5.90 Å². The molecule has 3 N–H and O–H groups in total. The number of hydrogen-bond acceptors (Lipinski definition) is 4. The first-order valence-corrected chi connectivity index (χ1v) is 10.5. The van der Waals surface area contributed by atoms with Crippen LogP contribution in [-0.2, 0) is 16.1 Å². The van der Waals surface area contributed by atoms with Gasteiger partial charge in [0.1, 0.15) is 0 Å². The molecule has 0 amide bonds. The molecule has 3 rings (SSSR count). The van der Waals surface area contributed by atoms with Gasteiger partial charge in [0.05, 0.1) is 12.4 Å². The summed E-state index contributed by atoms with van der Waals surface area (Å²) < 4.78 is 2.18. The molecular weight excluding hydrogens is 366 g/mol. The zero-order chi connectivity index (χ0) is 20.5. The van der Waals surface area contributed by atoms with Gasteiger partial charge < -0.3 is 9.67 Å². The smallest absolute Gasteiger partial charge is 0.334 e. The third-order valence-electron chi connectivity index (χ3n) is 5.87. The average molecular weight is 398 g/mol. The zero-order valence-electron chi connectivity index (χ0n) is 16.8. The molecule has 0 aliphatic heterocycles. The van der Waals surface area contributed by atoms with Crippen LogP contribution in [0, 0.1) is 5.92 Å². The Hall–Kier alpha value is -2.44. The van der Waals surface area contributed by atoms with E-state index in [0.717, 1.165) is 6.42 Å². The van der Waals surface area contributed by atoms with E-state index in [4.69, 9.17) is 5.90 Å². The van der Waals surface area contributed by atoms with Crippen molar-refractivity contribution < 1.29 is 14.7 Å². The van der Waals surface area contributed by atoms with Crippen LogP contribution >= 0.6 is 0 Å². The molecule has 1 saturated carbocycles. The molecule has 2 aromatic rings. The second-order valence-electron chi connectivity index (χ2n) is 7.79. The predicted octanol–water partition coefficient (Wildman–Crippen LogP) is 4.30. The van der Waals surface area contributed by atoms with Gasteiger partial charge in [0.15, 0.2) is 6.10 Å². The van der Waals surface area contributed by atoms with Gasteiger partial charge in [0.2, 0.25) is 0 Å². The van der Waals surface area contributed by atoms with Crippen molar-refractivity contribution in [2.45, 2.75) is 63.5 Å². The Kier molecular flexibility index (Phi) is 8.02. The van der Waals surface area contributed by atoms with E-state index in [2.05, 4.69) is 44.7 Å². The minimum absolute atomic E-state index is 0.171. The van der Waals surface area contributed by atoms with E-state index in [0.29, 0.717) is 18.8 Å². The lowest BCUT2D eigenvalue weighted by Gasteiger charge is -2.31. The number of nitrogens with zero attached hydrogens (tertiary/aromatic N) is 2. The first-order valence-electron chi connectivity index (χ1n) is 10.5. The molecule has 0 spiro atoms. The maximum absolute atomic E-state index is 11.2.